The molecule has 0 bridgehead atoms. The number of ether oxygens (including phenoxy) is 1. The van der Waals surface area contributed by atoms with E-state index < -0.39 is 5.97 Å². The Balaban J connectivity index is 0.00000128. The van der Waals surface area contributed by atoms with Crippen LogP contribution in [0.3, 0.4) is 0 Å². The Morgan fingerprint density at radius 1 is 1.38 bits per heavy atom. The van der Waals surface area contributed by atoms with Crippen LogP contribution in [0.4, 0.5) is 0 Å². The van der Waals surface area contributed by atoms with Gasteiger partial charge in [-0.25, -0.2) is 4.79 Å². The van der Waals surface area contributed by atoms with E-state index in [1.54, 1.807) is 24.3 Å². The van der Waals surface area contributed by atoms with Crippen molar-refractivity contribution in [3.63, 3.8) is 0 Å². The van der Waals surface area contributed by atoms with E-state index in [2.05, 4.69) is 5.32 Å². The second-order valence-electron chi connectivity index (χ2n) is 3.56. The highest BCUT2D eigenvalue weighted by molar-refractivity contribution is 5.87. The first-order valence-electron chi connectivity index (χ1n) is 4.96. The van der Waals surface area contributed by atoms with Gasteiger partial charge in [-0.15, -0.1) is 12.4 Å². The van der Waals surface area contributed by atoms with Crippen LogP contribution in [-0.4, -0.2) is 30.3 Å². The summed E-state index contributed by atoms with van der Waals surface area (Å²) in [5.41, 5.74) is 0.284. The van der Waals surface area contributed by atoms with E-state index in [1.165, 1.54) is 0 Å². The summed E-state index contributed by atoms with van der Waals surface area (Å²) < 4.78 is 5.65. The molecule has 0 aliphatic carbocycles. The van der Waals surface area contributed by atoms with Crippen LogP contribution in [0, 0.1) is 0 Å². The minimum Gasteiger partial charge on any atom is -0.489 e. The van der Waals surface area contributed by atoms with Crippen LogP contribution in [0.5, 0.6) is 5.75 Å². The van der Waals surface area contributed by atoms with Gasteiger partial charge in [-0.1, -0.05) is 0 Å². The van der Waals surface area contributed by atoms with Crippen molar-refractivity contribution in [3.05, 3.63) is 29.8 Å². The molecular weight excluding hydrogens is 230 g/mol. The van der Waals surface area contributed by atoms with Gasteiger partial charge in [0.2, 0.25) is 0 Å². The summed E-state index contributed by atoms with van der Waals surface area (Å²) in [6.45, 7) is 1.85. The maximum atomic E-state index is 10.6. The van der Waals surface area contributed by atoms with E-state index in [4.69, 9.17) is 9.84 Å². The fraction of sp³-hybridized carbons (Fsp3) is 0.364. The number of nitrogens with one attached hydrogen (secondary N) is 1. The Bertz CT molecular complexity index is 347. The smallest absolute Gasteiger partial charge is 0.335 e. The zero-order chi connectivity index (χ0) is 10.7. The second kappa shape index (κ2) is 5.72. The van der Waals surface area contributed by atoms with Crippen LogP contribution in [0.15, 0.2) is 24.3 Å². The van der Waals surface area contributed by atoms with Crippen molar-refractivity contribution >= 4 is 18.4 Å². The van der Waals surface area contributed by atoms with Gasteiger partial charge in [0.25, 0.3) is 0 Å². The molecule has 2 N–H and O–H groups in total. The molecule has 16 heavy (non-hydrogen) atoms. The molecule has 1 aliphatic heterocycles. The maximum absolute atomic E-state index is 10.6. The molecule has 0 aromatic heterocycles. The molecule has 1 saturated heterocycles. The van der Waals surface area contributed by atoms with Gasteiger partial charge in [0.1, 0.15) is 11.9 Å². The average molecular weight is 244 g/mol. The summed E-state index contributed by atoms with van der Waals surface area (Å²) in [7, 11) is 0. The Morgan fingerprint density at radius 2 is 2.06 bits per heavy atom. The lowest BCUT2D eigenvalue weighted by Gasteiger charge is -2.12. The predicted octanol–water partition coefficient (Wildman–Crippen LogP) is 1.55. The number of carboxylic acids is 1. The minimum absolute atomic E-state index is 0. The highest BCUT2D eigenvalue weighted by atomic mass is 35.5. The topological polar surface area (TPSA) is 58.6 Å². The molecule has 1 aromatic carbocycles. The van der Waals surface area contributed by atoms with Gasteiger partial charge >= 0.3 is 5.97 Å². The lowest BCUT2D eigenvalue weighted by atomic mass is 10.2. The van der Waals surface area contributed by atoms with Crippen molar-refractivity contribution in [2.24, 2.45) is 0 Å². The highest BCUT2D eigenvalue weighted by Crippen LogP contribution is 2.16. The largest absolute Gasteiger partial charge is 0.489 e. The Morgan fingerprint density at radius 3 is 2.56 bits per heavy atom. The van der Waals surface area contributed by atoms with Crippen molar-refractivity contribution < 1.29 is 14.6 Å². The molecule has 0 radical (unpaired) electrons. The summed E-state index contributed by atoms with van der Waals surface area (Å²) in [5, 5.41) is 11.9. The van der Waals surface area contributed by atoms with Crippen molar-refractivity contribution in [2.45, 2.75) is 12.5 Å². The van der Waals surface area contributed by atoms with Crippen molar-refractivity contribution in [1.29, 1.82) is 0 Å². The summed E-state index contributed by atoms with van der Waals surface area (Å²) in [5.74, 6) is -0.183. The molecule has 1 aromatic rings. The molecule has 1 aliphatic rings. The zero-order valence-corrected chi connectivity index (χ0v) is 9.50. The van der Waals surface area contributed by atoms with Crippen LogP contribution < -0.4 is 10.1 Å². The third-order valence-corrected chi connectivity index (χ3v) is 2.42. The molecule has 0 spiro atoms. The van der Waals surface area contributed by atoms with Crippen molar-refractivity contribution in [1.82, 2.24) is 5.32 Å². The first-order valence-corrected chi connectivity index (χ1v) is 4.96. The molecule has 5 heteroatoms. The average Bonchev–Trinajstić information content (AvgIpc) is 2.71. The number of carbonyl (C=O) groups is 1. The van der Waals surface area contributed by atoms with Gasteiger partial charge in [0, 0.05) is 6.54 Å². The first kappa shape index (κ1) is 12.8. The third-order valence-electron chi connectivity index (χ3n) is 2.42. The van der Waals surface area contributed by atoms with Gasteiger partial charge in [0.15, 0.2) is 0 Å². The van der Waals surface area contributed by atoms with Crippen molar-refractivity contribution in [2.75, 3.05) is 13.1 Å². The summed E-state index contributed by atoms with van der Waals surface area (Å²) >= 11 is 0. The molecule has 1 fully saturated rings. The first-order chi connectivity index (χ1) is 7.25. The number of hydrogen-bond acceptors (Lipinski definition) is 3. The molecule has 1 heterocycles. The van der Waals surface area contributed by atoms with Crippen LogP contribution in [0.25, 0.3) is 0 Å². The monoisotopic (exact) mass is 243 g/mol. The summed E-state index contributed by atoms with van der Waals surface area (Å²) in [4.78, 5) is 10.6. The van der Waals surface area contributed by atoms with Gasteiger partial charge in [-0.05, 0) is 37.2 Å². The SMILES string of the molecule is Cl.O=C(O)c1ccc(O[C@H]2CCNC2)cc1. The third kappa shape index (κ3) is 3.12. The number of carboxylic acid groups (broad SMARTS) is 1. The molecule has 1 atom stereocenters. The Kier molecular flexibility index (Phi) is 4.58. The fourth-order valence-electron chi connectivity index (χ4n) is 1.60. The van der Waals surface area contributed by atoms with Gasteiger partial charge in [-0.3, -0.25) is 0 Å². The van der Waals surface area contributed by atoms with Crippen LogP contribution in [-0.2, 0) is 0 Å². The number of rotatable bonds is 3. The summed E-state index contributed by atoms with van der Waals surface area (Å²) in [6, 6.07) is 6.50. The number of aromatic carboxylic acids is 1. The lowest BCUT2D eigenvalue weighted by Crippen LogP contribution is -2.19. The Labute approximate surface area is 100 Å². The number of halogens is 1. The van der Waals surface area contributed by atoms with E-state index in [9.17, 15) is 4.79 Å². The van der Waals surface area contributed by atoms with Gasteiger partial charge < -0.3 is 15.2 Å². The maximum Gasteiger partial charge on any atom is 0.335 e. The molecular formula is C11H14ClNO3. The predicted molar refractivity (Wildman–Crippen MR) is 62.6 cm³/mol. The molecule has 0 saturated carbocycles. The van der Waals surface area contributed by atoms with Crippen LogP contribution in [0.1, 0.15) is 16.8 Å². The van der Waals surface area contributed by atoms with E-state index >= 15 is 0 Å². The van der Waals surface area contributed by atoms with E-state index in [-0.39, 0.29) is 24.1 Å². The molecule has 0 amide bonds. The number of benzene rings is 1. The lowest BCUT2D eigenvalue weighted by molar-refractivity contribution is 0.0697. The van der Waals surface area contributed by atoms with Gasteiger partial charge in [-0.2, -0.15) is 0 Å². The molecule has 88 valence electrons. The summed E-state index contributed by atoms with van der Waals surface area (Å²) in [6.07, 6.45) is 1.21. The van der Waals surface area contributed by atoms with Crippen LogP contribution >= 0.6 is 12.4 Å². The van der Waals surface area contributed by atoms with Gasteiger partial charge in [0.05, 0.1) is 5.56 Å². The van der Waals surface area contributed by atoms with Crippen molar-refractivity contribution in [3.8, 4) is 5.75 Å². The van der Waals surface area contributed by atoms with E-state index in [0.29, 0.717) is 0 Å². The normalized spacial score (nSPS) is 18.9. The quantitative estimate of drug-likeness (QED) is 0.846. The minimum atomic E-state index is -0.913. The van der Waals surface area contributed by atoms with Crippen LogP contribution in [0.2, 0.25) is 0 Å². The molecule has 2 rings (SSSR count). The zero-order valence-electron chi connectivity index (χ0n) is 8.68. The highest BCUT2D eigenvalue weighted by Gasteiger charge is 2.15. The second-order valence-corrected chi connectivity index (χ2v) is 3.56. The molecule has 0 unspecified atom stereocenters. The standard InChI is InChI=1S/C11H13NO3.ClH/c13-11(14)8-1-3-9(4-2-8)15-10-5-6-12-7-10;/h1-4,10,12H,5-7H2,(H,13,14);1H/t10-;/m0./s1. The fourth-order valence-corrected chi connectivity index (χ4v) is 1.60. The molecule has 4 nitrogen and oxygen atoms in total. The van der Waals surface area contributed by atoms with E-state index in [0.717, 1.165) is 25.3 Å². The van der Waals surface area contributed by atoms with E-state index in [1.807, 2.05) is 0 Å². The number of hydrogen-bond donors (Lipinski definition) is 2. The Hall–Kier alpha value is -1.26.